The number of methoxy groups -OCH3 is 1. The molecule has 9 heteroatoms. The van der Waals surface area contributed by atoms with Crippen molar-refractivity contribution in [3.63, 3.8) is 0 Å². The highest BCUT2D eigenvalue weighted by molar-refractivity contribution is 6.05. The van der Waals surface area contributed by atoms with Crippen LogP contribution in [0.15, 0.2) is 48.6 Å². The Bertz CT molecular complexity index is 1100. The molecule has 0 saturated carbocycles. The molecule has 4 heterocycles. The van der Waals surface area contributed by atoms with Gasteiger partial charge in [-0.25, -0.2) is 0 Å². The van der Waals surface area contributed by atoms with Crippen molar-refractivity contribution in [2.75, 3.05) is 38.3 Å². The maximum atomic E-state index is 14.2. The standard InChI is InChI=1S/C27H32N2O7/c1-26-12-7-17-35-25(33)21(26)20-23(31)29(14-4-3-5-16-30)22-24(32)28(15-6-13-27(20,22)36-26)18-8-10-19(34-2)11-9-18/h6-13,20-22,30H,3-5,14-17H2,1-2H3/t20-,21-,22?,26+,27-/m0/s1. The molecule has 0 bridgehead atoms. The van der Waals surface area contributed by atoms with Crippen LogP contribution in [0.4, 0.5) is 5.69 Å². The topological polar surface area (TPSA) is 106 Å². The van der Waals surface area contributed by atoms with Crippen molar-refractivity contribution >= 4 is 23.5 Å². The number of fused-ring (bicyclic) bond motifs is 2. The highest BCUT2D eigenvalue weighted by Crippen LogP contribution is 2.57. The molecule has 36 heavy (non-hydrogen) atoms. The predicted molar refractivity (Wildman–Crippen MR) is 130 cm³/mol. The van der Waals surface area contributed by atoms with Crippen LogP contribution >= 0.6 is 0 Å². The second-order valence-electron chi connectivity index (χ2n) is 9.89. The van der Waals surface area contributed by atoms with Gasteiger partial charge in [0, 0.05) is 25.4 Å². The summed E-state index contributed by atoms with van der Waals surface area (Å²) in [5.41, 5.74) is -1.70. The Kier molecular flexibility index (Phi) is 6.38. The molecule has 4 aliphatic rings. The first-order chi connectivity index (χ1) is 17.4. The molecule has 5 atom stereocenters. The van der Waals surface area contributed by atoms with Gasteiger partial charge in [-0.05, 0) is 56.5 Å². The zero-order valence-electron chi connectivity index (χ0n) is 20.6. The first kappa shape index (κ1) is 24.5. The molecule has 1 N–H and O–H groups in total. The molecule has 9 nitrogen and oxygen atoms in total. The van der Waals surface area contributed by atoms with Crippen LogP contribution in [0.5, 0.6) is 5.75 Å². The summed E-state index contributed by atoms with van der Waals surface area (Å²) in [4.78, 5) is 44.6. The van der Waals surface area contributed by atoms with Crippen LogP contribution < -0.4 is 9.64 Å². The minimum absolute atomic E-state index is 0.0680. The van der Waals surface area contributed by atoms with E-state index in [9.17, 15) is 19.5 Å². The molecule has 1 aromatic rings. The van der Waals surface area contributed by atoms with Crippen molar-refractivity contribution < 1.29 is 33.7 Å². The molecular formula is C27H32N2O7. The summed E-state index contributed by atoms with van der Waals surface area (Å²) in [6.45, 7) is 2.60. The molecule has 2 fully saturated rings. The molecule has 5 rings (SSSR count). The minimum atomic E-state index is -1.30. The van der Waals surface area contributed by atoms with E-state index in [0.29, 0.717) is 43.8 Å². The number of benzene rings is 1. The maximum absolute atomic E-state index is 14.2. The molecular weight excluding hydrogens is 464 g/mol. The minimum Gasteiger partial charge on any atom is -0.497 e. The largest absolute Gasteiger partial charge is 0.497 e. The quantitative estimate of drug-likeness (QED) is 0.349. The average molecular weight is 497 g/mol. The Morgan fingerprint density at radius 1 is 1.03 bits per heavy atom. The van der Waals surface area contributed by atoms with E-state index >= 15 is 0 Å². The zero-order chi connectivity index (χ0) is 25.5. The molecule has 4 aliphatic heterocycles. The number of amides is 2. The number of ether oxygens (including phenoxy) is 3. The summed E-state index contributed by atoms with van der Waals surface area (Å²) in [5.74, 6) is -2.10. The van der Waals surface area contributed by atoms with E-state index in [2.05, 4.69) is 0 Å². The Labute approximate surface area is 210 Å². The van der Waals surface area contributed by atoms with Crippen molar-refractivity contribution in [2.24, 2.45) is 11.8 Å². The lowest BCUT2D eigenvalue weighted by atomic mass is 9.75. The predicted octanol–water partition coefficient (Wildman–Crippen LogP) is 1.84. The zero-order valence-corrected chi connectivity index (χ0v) is 20.6. The summed E-state index contributed by atoms with van der Waals surface area (Å²) in [6, 6.07) is 6.25. The number of unbranched alkanes of at least 4 members (excludes halogenated alkanes) is 2. The first-order valence-electron chi connectivity index (χ1n) is 12.5. The van der Waals surface area contributed by atoms with E-state index in [0.717, 1.165) is 0 Å². The van der Waals surface area contributed by atoms with Gasteiger partial charge in [-0.2, -0.15) is 0 Å². The van der Waals surface area contributed by atoms with Crippen molar-refractivity contribution in [1.82, 2.24) is 4.90 Å². The molecule has 0 aromatic heterocycles. The van der Waals surface area contributed by atoms with Gasteiger partial charge >= 0.3 is 5.97 Å². The van der Waals surface area contributed by atoms with Crippen LogP contribution in [0.1, 0.15) is 26.2 Å². The Morgan fingerprint density at radius 3 is 2.53 bits per heavy atom. The summed E-state index contributed by atoms with van der Waals surface area (Å²) in [5, 5.41) is 9.18. The lowest BCUT2D eigenvalue weighted by molar-refractivity contribution is -0.156. The summed E-state index contributed by atoms with van der Waals surface area (Å²) < 4.78 is 17.3. The van der Waals surface area contributed by atoms with Crippen LogP contribution in [-0.2, 0) is 23.9 Å². The number of anilines is 1. The first-order valence-corrected chi connectivity index (χ1v) is 12.5. The van der Waals surface area contributed by atoms with Crippen molar-refractivity contribution in [3.05, 3.63) is 48.6 Å². The van der Waals surface area contributed by atoms with E-state index in [1.165, 1.54) is 0 Å². The van der Waals surface area contributed by atoms with Crippen LogP contribution in [0, 0.1) is 11.8 Å². The Hall–Kier alpha value is -3.17. The number of cyclic esters (lactones) is 1. The number of esters is 1. The number of rotatable bonds is 7. The second kappa shape index (κ2) is 9.37. The van der Waals surface area contributed by atoms with Crippen LogP contribution in [-0.4, -0.2) is 78.4 Å². The fourth-order valence-corrected chi connectivity index (χ4v) is 6.16. The summed E-state index contributed by atoms with van der Waals surface area (Å²) in [6.07, 6.45) is 9.13. The second-order valence-corrected chi connectivity index (χ2v) is 9.89. The van der Waals surface area contributed by atoms with E-state index in [-0.39, 0.29) is 25.0 Å². The maximum Gasteiger partial charge on any atom is 0.313 e. The van der Waals surface area contributed by atoms with Gasteiger partial charge in [-0.1, -0.05) is 18.2 Å². The molecule has 0 radical (unpaired) electrons. The van der Waals surface area contributed by atoms with Crippen LogP contribution in [0.2, 0.25) is 0 Å². The van der Waals surface area contributed by atoms with Gasteiger partial charge in [0.1, 0.15) is 29.9 Å². The third kappa shape index (κ3) is 3.72. The van der Waals surface area contributed by atoms with Gasteiger partial charge in [0.15, 0.2) is 0 Å². The van der Waals surface area contributed by atoms with Crippen molar-refractivity contribution in [3.8, 4) is 5.75 Å². The molecule has 1 aromatic carbocycles. The van der Waals surface area contributed by atoms with Gasteiger partial charge in [-0.15, -0.1) is 0 Å². The fraction of sp³-hybridized carbons (Fsp3) is 0.519. The number of aliphatic hydroxyl groups is 1. The van der Waals surface area contributed by atoms with Gasteiger partial charge in [0.05, 0.1) is 18.6 Å². The Balaban J connectivity index is 1.57. The van der Waals surface area contributed by atoms with E-state index in [1.807, 2.05) is 24.3 Å². The molecule has 1 spiro atoms. The molecule has 192 valence electrons. The van der Waals surface area contributed by atoms with E-state index < -0.39 is 35.0 Å². The number of carbonyl (C=O) groups excluding carboxylic acids is 3. The third-order valence-corrected chi connectivity index (χ3v) is 7.75. The molecule has 2 saturated heterocycles. The number of carbonyl (C=O) groups is 3. The number of likely N-dealkylation sites (tertiary alicyclic amines) is 1. The fourth-order valence-electron chi connectivity index (χ4n) is 6.16. The monoisotopic (exact) mass is 496 g/mol. The van der Waals surface area contributed by atoms with E-state index in [4.69, 9.17) is 14.2 Å². The highest BCUT2D eigenvalue weighted by Gasteiger charge is 2.74. The van der Waals surface area contributed by atoms with Crippen LogP contribution in [0.25, 0.3) is 0 Å². The normalized spacial score (nSPS) is 33.1. The Morgan fingerprint density at radius 2 is 1.81 bits per heavy atom. The van der Waals surface area contributed by atoms with Crippen molar-refractivity contribution in [1.29, 1.82) is 0 Å². The smallest absolute Gasteiger partial charge is 0.313 e. The lowest BCUT2D eigenvalue weighted by Crippen LogP contribution is -2.56. The number of hydrogen-bond acceptors (Lipinski definition) is 7. The molecule has 0 aliphatic carbocycles. The SMILES string of the molecule is COc1ccc(N2CC=C[C@]34O[C@]5(C)C=CCOC(=O)[C@@H]5[C@H]3C(=O)N(CCCCCO)C4C2=O)cc1. The lowest BCUT2D eigenvalue weighted by Gasteiger charge is -2.37. The highest BCUT2D eigenvalue weighted by atomic mass is 16.6. The van der Waals surface area contributed by atoms with Gasteiger partial charge < -0.3 is 29.1 Å². The van der Waals surface area contributed by atoms with Crippen LogP contribution in [0.3, 0.4) is 0 Å². The molecule has 1 unspecified atom stereocenters. The number of aliphatic hydroxyl groups excluding tert-OH is 1. The van der Waals surface area contributed by atoms with Gasteiger partial charge in [-0.3, -0.25) is 14.4 Å². The summed E-state index contributed by atoms with van der Waals surface area (Å²) in [7, 11) is 1.58. The number of nitrogens with zero attached hydrogens (tertiary/aromatic N) is 2. The van der Waals surface area contributed by atoms with Crippen molar-refractivity contribution in [2.45, 2.75) is 43.4 Å². The molecule has 2 amide bonds. The average Bonchev–Trinajstić information content (AvgIpc) is 3.12. The summed E-state index contributed by atoms with van der Waals surface area (Å²) >= 11 is 0. The van der Waals surface area contributed by atoms with Gasteiger partial charge in [0.2, 0.25) is 5.91 Å². The number of hydrogen-bond donors (Lipinski definition) is 1. The van der Waals surface area contributed by atoms with E-state index in [1.54, 1.807) is 48.1 Å². The third-order valence-electron chi connectivity index (χ3n) is 7.75. The van der Waals surface area contributed by atoms with Gasteiger partial charge in [0.25, 0.3) is 5.91 Å².